The topological polar surface area (TPSA) is 62.2 Å². The Kier molecular flexibility index (Phi) is 1.98. The lowest BCUT2D eigenvalue weighted by Gasteiger charge is -2.27. The molecule has 1 fully saturated rings. The Hall–Kier alpha value is -1.42. The molecule has 1 aromatic heterocycles. The fourth-order valence-electron chi connectivity index (χ4n) is 1.32. The van der Waals surface area contributed by atoms with E-state index in [0.29, 0.717) is 5.92 Å². The Labute approximate surface area is 75.6 Å². The zero-order chi connectivity index (χ0) is 9.26. The van der Waals surface area contributed by atoms with Crippen molar-refractivity contribution in [1.82, 2.24) is 10.3 Å². The number of nitrogens with one attached hydrogen (secondary N) is 1. The molecular weight excluding hydrogens is 168 g/mol. The van der Waals surface area contributed by atoms with Gasteiger partial charge in [-0.3, -0.25) is 4.98 Å². The van der Waals surface area contributed by atoms with Gasteiger partial charge in [0.1, 0.15) is 0 Å². The molecule has 4 nitrogen and oxygen atoms in total. The normalized spacial score (nSPS) is 16.6. The van der Waals surface area contributed by atoms with Crippen LogP contribution in [0.5, 0.6) is 0 Å². The summed E-state index contributed by atoms with van der Waals surface area (Å²) < 4.78 is 0. The molecule has 0 spiro atoms. The lowest BCUT2D eigenvalue weighted by Crippen LogP contribution is -2.39. The molecule has 68 valence electrons. The molecule has 0 bridgehead atoms. The van der Waals surface area contributed by atoms with Crippen LogP contribution in [0, 0.1) is 0 Å². The zero-order valence-electron chi connectivity index (χ0n) is 7.03. The molecule has 2 N–H and O–H groups in total. The number of hydrogen-bond donors (Lipinski definition) is 2. The van der Waals surface area contributed by atoms with E-state index in [9.17, 15) is 4.79 Å². The Bertz CT molecular complexity index is 334. The first-order valence-electron chi connectivity index (χ1n) is 4.16. The van der Waals surface area contributed by atoms with Gasteiger partial charge < -0.3 is 10.4 Å². The molecule has 13 heavy (non-hydrogen) atoms. The van der Waals surface area contributed by atoms with Crippen molar-refractivity contribution in [2.24, 2.45) is 0 Å². The summed E-state index contributed by atoms with van der Waals surface area (Å²) in [7, 11) is 0. The van der Waals surface area contributed by atoms with E-state index in [1.54, 1.807) is 12.3 Å². The molecule has 0 atom stereocenters. The van der Waals surface area contributed by atoms with Gasteiger partial charge in [-0.1, -0.05) is 0 Å². The van der Waals surface area contributed by atoms with E-state index in [-0.39, 0.29) is 5.56 Å². The van der Waals surface area contributed by atoms with Crippen LogP contribution >= 0.6 is 0 Å². The second-order valence-electron chi connectivity index (χ2n) is 3.17. The fraction of sp³-hybridized carbons (Fsp3) is 0.333. The van der Waals surface area contributed by atoms with E-state index in [4.69, 9.17) is 5.11 Å². The van der Waals surface area contributed by atoms with Gasteiger partial charge in [-0.05, 0) is 11.6 Å². The maximum Gasteiger partial charge on any atom is 0.337 e. The van der Waals surface area contributed by atoms with Crippen LogP contribution in [0.15, 0.2) is 18.5 Å². The molecule has 0 unspecified atom stereocenters. The smallest absolute Gasteiger partial charge is 0.337 e. The lowest BCUT2D eigenvalue weighted by molar-refractivity contribution is 0.0696. The predicted molar refractivity (Wildman–Crippen MR) is 46.8 cm³/mol. The Balaban J connectivity index is 2.26. The summed E-state index contributed by atoms with van der Waals surface area (Å²) in [4.78, 5) is 14.5. The molecule has 0 aliphatic carbocycles. The average molecular weight is 178 g/mol. The molecule has 1 aromatic rings. The van der Waals surface area contributed by atoms with Crippen molar-refractivity contribution in [2.75, 3.05) is 13.1 Å². The molecule has 0 saturated carbocycles. The monoisotopic (exact) mass is 178 g/mol. The third-order valence-electron chi connectivity index (χ3n) is 2.26. The quantitative estimate of drug-likeness (QED) is 0.691. The van der Waals surface area contributed by atoms with E-state index < -0.39 is 5.97 Å². The van der Waals surface area contributed by atoms with E-state index >= 15 is 0 Å². The van der Waals surface area contributed by atoms with Crippen LogP contribution in [0.25, 0.3) is 0 Å². The minimum absolute atomic E-state index is 0.268. The third-order valence-corrected chi connectivity index (χ3v) is 2.26. The number of carboxylic acid groups (broad SMARTS) is 1. The Morgan fingerprint density at radius 2 is 2.31 bits per heavy atom. The van der Waals surface area contributed by atoms with E-state index in [0.717, 1.165) is 18.7 Å². The summed E-state index contributed by atoms with van der Waals surface area (Å²) in [6.45, 7) is 1.84. The van der Waals surface area contributed by atoms with Crippen LogP contribution in [0.4, 0.5) is 0 Å². The second-order valence-corrected chi connectivity index (χ2v) is 3.17. The summed E-state index contributed by atoms with van der Waals surface area (Å²) in [6.07, 6.45) is 3.11. The molecule has 0 aromatic carbocycles. The van der Waals surface area contributed by atoms with Crippen molar-refractivity contribution in [2.45, 2.75) is 5.92 Å². The van der Waals surface area contributed by atoms with Crippen LogP contribution in [0.2, 0.25) is 0 Å². The molecular formula is C9H10N2O2. The summed E-state index contributed by atoms with van der Waals surface area (Å²) in [5.74, 6) is -0.478. The largest absolute Gasteiger partial charge is 0.478 e. The molecule has 4 heteroatoms. The fourth-order valence-corrected chi connectivity index (χ4v) is 1.32. The van der Waals surface area contributed by atoms with E-state index in [1.807, 2.05) is 0 Å². The van der Waals surface area contributed by atoms with Crippen molar-refractivity contribution < 1.29 is 9.90 Å². The SMILES string of the molecule is O=C(O)c1cncc(C2CNC2)c1. The van der Waals surface area contributed by atoms with Crippen LogP contribution in [-0.4, -0.2) is 29.1 Å². The van der Waals surface area contributed by atoms with Gasteiger partial charge in [-0.2, -0.15) is 0 Å². The van der Waals surface area contributed by atoms with Crippen molar-refractivity contribution in [3.8, 4) is 0 Å². The van der Waals surface area contributed by atoms with E-state index in [2.05, 4.69) is 10.3 Å². The molecule has 1 saturated heterocycles. The highest BCUT2D eigenvalue weighted by Gasteiger charge is 2.19. The highest BCUT2D eigenvalue weighted by molar-refractivity contribution is 5.87. The van der Waals surface area contributed by atoms with Crippen molar-refractivity contribution in [1.29, 1.82) is 0 Å². The highest BCUT2D eigenvalue weighted by Crippen LogP contribution is 2.19. The minimum Gasteiger partial charge on any atom is -0.478 e. The number of hydrogen-bond acceptors (Lipinski definition) is 3. The number of aromatic nitrogens is 1. The lowest BCUT2D eigenvalue weighted by atomic mass is 9.94. The van der Waals surface area contributed by atoms with Crippen molar-refractivity contribution in [3.05, 3.63) is 29.6 Å². The number of rotatable bonds is 2. The molecule has 1 aliphatic rings. The van der Waals surface area contributed by atoms with Gasteiger partial charge in [-0.15, -0.1) is 0 Å². The maximum absolute atomic E-state index is 10.6. The van der Waals surface area contributed by atoms with Gasteiger partial charge in [0.2, 0.25) is 0 Å². The summed E-state index contributed by atoms with van der Waals surface area (Å²) in [5.41, 5.74) is 1.28. The summed E-state index contributed by atoms with van der Waals surface area (Å²) in [5, 5.41) is 11.9. The molecule has 0 amide bonds. The Morgan fingerprint density at radius 3 is 2.85 bits per heavy atom. The van der Waals surface area contributed by atoms with Gasteiger partial charge >= 0.3 is 5.97 Å². The zero-order valence-corrected chi connectivity index (χ0v) is 7.03. The van der Waals surface area contributed by atoms with Gasteiger partial charge in [0.05, 0.1) is 5.56 Å². The standard InChI is InChI=1S/C9H10N2O2/c12-9(13)7-1-6(2-10-3-7)8-4-11-5-8/h1-3,8,11H,4-5H2,(H,12,13). The second kappa shape index (κ2) is 3.14. The minimum atomic E-state index is -0.915. The van der Waals surface area contributed by atoms with Gasteiger partial charge in [0.25, 0.3) is 0 Å². The van der Waals surface area contributed by atoms with Gasteiger partial charge in [0.15, 0.2) is 0 Å². The molecule has 1 aliphatic heterocycles. The van der Waals surface area contributed by atoms with Crippen LogP contribution in [-0.2, 0) is 0 Å². The summed E-state index contributed by atoms with van der Waals surface area (Å²) in [6, 6.07) is 1.70. The van der Waals surface area contributed by atoms with Crippen LogP contribution in [0.1, 0.15) is 21.8 Å². The van der Waals surface area contributed by atoms with Gasteiger partial charge in [0, 0.05) is 31.4 Å². The van der Waals surface area contributed by atoms with E-state index in [1.165, 1.54) is 6.20 Å². The average Bonchev–Trinajstić information content (AvgIpc) is 2.01. The number of carbonyl (C=O) groups is 1. The third kappa shape index (κ3) is 1.53. The maximum atomic E-state index is 10.6. The molecule has 2 heterocycles. The number of nitrogens with zero attached hydrogens (tertiary/aromatic N) is 1. The molecule has 2 rings (SSSR count). The predicted octanol–water partition coefficient (Wildman–Crippen LogP) is 0.467. The first-order chi connectivity index (χ1) is 6.27. The van der Waals surface area contributed by atoms with Crippen LogP contribution < -0.4 is 5.32 Å². The number of aromatic carboxylic acids is 1. The number of pyridine rings is 1. The highest BCUT2D eigenvalue weighted by atomic mass is 16.4. The number of carboxylic acids is 1. The van der Waals surface area contributed by atoms with Crippen LogP contribution in [0.3, 0.4) is 0 Å². The first kappa shape index (κ1) is 8.19. The first-order valence-corrected chi connectivity index (χ1v) is 4.16. The van der Waals surface area contributed by atoms with Gasteiger partial charge in [-0.25, -0.2) is 4.79 Å². The Morgan fingerprint density at radius 1 is 1.54 bits per heavy atom. The molecule has 0 radical (unpaired) electrons. The van der Waals surface area contributed by atoms with Crippen molar-refractivity contribution in [3.63, 3.8) is 0 Å². The summed E-state index contributed by atoms with van der Waals surface area (Å²) >= 11 is 0. The van der Waals surface area contributed by atoms with Crippen molar-refractivity contribution >= 4 is 5.97 Å².